The lowest BCUT2D eigenvalue weighted by molar-refractivity contribution is -0.139. The van der Waals surface area contributed by atoms with Crippen molar-refractivity contribution in [3.63, 3.8) is 0 Å². The summed E-state index contributed by atoms with van der Waals surface area (Å²) in [6.07, 6.45) is 1.69. The highest BCUT2D eigenvalue weighted by atomic mass is 35.5. The van der Waals surface area contributed by atoms with Crippen LogP contribution in [0.3, 0.4) is 0 Å². The Morgan fingerprint density at radius 1 is 0.932 bits per heavy atom. The number of ether oxygens (including phenoxy) is 3. The second-order valence-corrected chi connectivity index (χ2v) is 12.2. The first kappa shape index (κ1) is 34.5. The van der Waals surface area contributed by atoms with Crippen molar-refractivity contribution in [3.05, 3.63) is 77.3 Å². The Kier molecular flexibility index (Phi) is 12.7. The van der Waals surface area contributed by atoms with Crippen LogP contribution in [0.25, 0.3) is 0 Å². The number of rotatable bonds is 16. The monoisotopic (exact) mass is 645 g/mol. The summed E-state index contributed by atoms with van der Waals surface area (Å²) in [5.41, 5.74) is 0.967. The minimum absolute atomic E-state index is 0.0614. The molecule has 0 saturated carbocycles. The van der Waals surface area contributed by atoms with Crippen molar-refractivity contribution in [3.8, 4) is 17.2 Å². The number of amides is 2. The number of nitrogens with zero attached hydrogens (tertiary/aromatic N) is 2. The zero-order chi connectivity index (χ0) is 32.3. The molecule has 0 unspecified atom stereocenters. The minimum atomic E-state index is -4.32. The van der Waals surface area contributed by atoms with Crippen LogP contribution in [-0.4, -0.2) is 65.1 Å². The highest BCUT2D eigenvalue weighted by molar-refractivity contribution is 7.92. The van der Waals surface area contributed by atoms with E-state index in [9.17, 15) is 18.0 Å². The Morgan fingerprint density at radius 3 is 2.18 bits per heavy atom. The van der Waals surface area contributed by atoms with Crippen LogP contribution in [0.4, 0.5) is 5.69 Å². The third-order valence-electron chi connectivity index (χ3n) is 6.92. The molecule has 0 spiro atoms. The second kappa shape index (κ2) is 16.2. The lowest BCUT2D eigenvalue weighted by Crippen LogP contribution is -2.51. The van der Waals surface area contributed by atoms with Gasteiger partial charge in [0.2, 0.25) is 11.8 Å². The van der Waals surface area contributed by atoms with E-state index in [0.29, 0.717) is 29.7 Å². The molecule has 1 N–H and O–H groups in total. The topological polar surface area (TPSA) is 114 Å². The molecule has 0 aliphatic rings. The first-order chi connectivity index (χ1) is 21.0. The first-order valence-electron chi connectivity index (χ1n) is 14.3. The predicted molar refractivity (Wildman–Crippen MR) is 171 cm³/mol. The van der Waals surface area contributed by atoms with Gasteiger partial charge in [-0.15, -0.1) is 0 Å². The Morgan fingerprint density at radius 2 is 1.59 bits per heavy atom. The fraction of sp³-hybridized carbons (Fsp3) is 0.375. The van der Waals surface area contributed by atoms with Crippen LogP contribution in [0.2, 0.25) is 5.02 Å². The molecule has 0 bridgehead atoms. The van der Waals surface area contributed by atoms with Crippen molar-refractivity contribution in [2.45, 2.75) is 51.1 Å². The average molecular weight is 646 g/mol. The second-order valence-electron chi connectivity index (χ2n) is 9.92. The van der Waals surface area contributed by atoms with E-state index < -0.39 is 28.5 Å². The van der Waals surface area contributed by atoms with Gasteiger partial charge >= 0.3 is 0 Å². The van der Waals surface area contributed by atoms with Gasteiger partial charge in [0.25, 0.3) is 10.0 Å². The molecule has 1 atom stereocenters. The summed E-state index contributed by atoms with van der Waals surface area (Å²) >= 11 is 6.07. The number of sulfonamides is 1. The van der Waals surface area contributed by atoms with Crippen molar-refractivity contribution < 1.29 is 32.2 Å². The number of benzene rings is 3. The number of nitrogens with one attached hydrogen (secondary N) is 1. The summed E-state index contributed by atoms with van der Waals surface area (Å²) in [6, 6.07) is 16.6. The number of unbranched alkanes of at least 4 members (excludes halogenated alkanes) is 1. The third-order valence-corrected chi connectivity index (χ3v) is 8.94. The summed E-state index contributed by atoms with van der Waals surface area (Å²) in [4.78, 5) is 28.5. The standard InChI is InChI=1S/C32H40ClN3O7S/c1-6-8-19-34-32(38)23(3)35(21-24-9-11-25(33)12-10-24)31(37)22-36(26-13-15-27(16-14-26)43-7-2)44(39,40)28-17-18-29(41-4)30(20-28)42-5/h9-18,20,23H,6-8,19,21-22H2,1-5H3,(H,34,38)/t23-/m0/s1. The van der Waals surface area contributed by atoms with Gasteiger partial charge in [0.1, 0.15) is 18.3 Å². The fourth-order valence-electron chi connectivity index (χ4n) is 4.41. The summed E-state index contributed by atoms with van der Waals surface area (Å²) < 4.78 is 45.5. The third kappa shape index (κ3) is 8.79. The molecule has 0 saturated heterocycles. The van der Waals surface area contributed by atoms with Gasteiger partial charge in [-0.05, 0) is 74.4 Å². The van der Waals surface area contributed by atoms with Gasteiger partial charge in [-0.25, -0.2) is 8.42 Å². The van der Waals surface area contributed by atoms with Crippen LogP contribution in [0.15, 0.2) is 71.6 Å². The molecule has 3 aromatic carbocycles. The predicted octanol–water partition coefficient (Wildman–Crippen LogP) is 5.28. The number of anilines is 1. The molecule has 0 aliphatic heterocycles. The van der Waals surface area contributed by atoms with Crippen molar-refractivity contribution in [2.24, 2.45) is 0 Å². The molecule has 44 heavy (non-hydrogen) atoms. The maximum absolute atomic E-state index is 14.2. The lowest BCUT2D eigenvalue weighted by Gasteiger charge is -2.32. The molecular formula is C32H40ClN3O7S. The van der Waals surface area contributed by atoms with E-state index >= 15 is 0 Å². The SMILES string of the molecule is CCCCNC(=O)[C@H](C)N(Cc1ccc(Cl)cc1)C(=O)CN(c1ccc(OCC)cc1)S(=O)(=O)c1ccc(OC)c(OC)c1. The Balaban J connectivity index is 2.05. The molecule has 0 aliphatic carbocycles. The zero-order valence-electron chi connectivity index (χ0n) is 25.7. The average Bonchev–Trinajstić information content (AvgIpc) is 3.03. The number of hydrogen-bond acceptors (Lipinski definition) is 7. The summed E-state index contributed by atoms with van der Waals surface area (Å²) in [5, 5.41) is 3.40. The molecule has 238 valence electrons. The number of methoxy groups -OCH3 is 2. The number of halogens is 1. The van der Waals surface area contributed by atoms with E-state index in [0.717, 1.165) is 22.7 Å². The molecule has 10 nitrogen and oxygen atoms in total. The van der Waals surface area contributed by atoms with Gasteiger partial charge in [-0.2, -0.15) is 0 Å². The Hall–Kier alpha value is -3.96. The zero-order valence-corrected chi connectivity index (χ0v) is 27.3. The molecule has 3 aromatic rings. The van der Waals surface area contributed by atoms with Crippen LogP contribution in [0.1, 0.15) is 39.2 Å². The number of hydrogen-bond donors (Lipinski definition) is 1. The van der Waals surface area contributed by atoms with Crippen LogP contribution < -0.4 is 23.8 Å². The maximum Gasteiger partial charge on any atom is 0.264 e. The van der Waals surface area contributed by atoms with E-state index in [-0.39, 0.29) is 28.8 Å². The van der Waals surface area contributed by atoms with Crippen LogP contribution in [-0.2, 0) is 26.2 Å². The molecule has 0 fully saturated rings. The quantitative estimate of drug-likeness (QED) is 0.211. The van der Waals surface area contributed by atoms with Gasteiger partial charge in [-0.1, -0.05) is 37.1 Å². The van der Waals surface area contributed by atoms with E-state index in [1.165, 1.54) is 37.3 Å². The smallest absolute Gasteiger partial charge is 0.264 e. The fourth-order valence-corrected chi connectivity index (χ4v) is 5.97. The molecule has 12 heteroatoms. The van der Waals surface area contributed by atoms with Crippen LogP contribution in [0, 0.1) is 0 Å². The molecule has 0 radical (unpaired) electrons. The largest absolute Gasteiger partial charge is 0.494 e. The van der Waals surface area contributed by atoms with Gasteiger partial charge in [0.15, 0.2) is 11.5 Å². The summed E-state index contributed by atoms with van der Waals surface area (Å²) in [7, 11) is -1.46. The van der Waals surface area contributed by atoms with Crippen molar-refractivity contribution in [1.29, 1.82) is 0 Å². The highest BCUT2D eigenvalue weighted by Gasteiger charge is 2.33. The van der Waals surface area contributed by atoms with Crippen molar-refractivity contribution in [1.82, 2.24) is 10.2 Å². The normalized spacial score (nSPS) is 11.8. The molecular weight excluding hydrogens is 606 g/mol. The van der Waals surface area contributed by atoms with E-state index in [1.807, 2.05) is 13.8 Å². The van der Waals surface area contributed by atoms with Crippen LogP contribution in [0.5, 0.6) is 17.2 Å². The van der Waals surface area contributed by atoms with Gasteiger partial charge < -0.3 is 24.4 Å². The lowest BCUT2D eigenvalue weighted by atomic mass is 10.1. The van der Waals surface area contributed by atoms with Crippen molar-refractivity contribution in [2.75, 3.05) is 38.2 Å². The first-order valence-corrected chi connectivity index (χ1v) is 16.2. The number of carbonyl (C=O) groups excluding carboxylic acids is 2. The molecule has 0 aromatic heterocycles. The van der Waals surface area contributed by atoms with E-state index in [4.69, 9.17) is 25.8 Å². The molecule has 2 amide bonds. The van der Waals surface area contributed by atoms with Crippen LogP contribution >= 0.6 is 11.6 Å². The van der Waals surface area contributed by atoms with E-state index in [2.05, 4.69) is 5.32 Å². The van der Waals surface area contributed by atoms with Gasteiger partial charge in [-0.3, -0.25) is 13.9 Å². The number of carbonyl (C=O) groups is 2. The van der Waals surface area contributed by atoms with Gasteiger partial charge in [0, 0.05) is 24.2 Å². The summed E-state index contributed by atoms with van der Waals surface area (Å²) in [6.45, 7) is 5.86. The maximum atomic E-state index is 14.2. The van der Waals surface area contributed by atoms with Crippen molar-refractivity contribution >= 4 is 39.1 Å². The highest BCUT2D eigenvalue weighted by Crippen LogP contribution is 2.33. The molecule has 3 rings (SSSR count). The Bertz CT molecular complexity index is 1500. The Labute approximate surface area is 264 Å². The van der Waals surface area contributed by atoms with E-state index in [1.54, 1.807) is 55.5 Å². The minimum Gasteiger partial charge on any atom is -0.494 e. The van der Waals surface area contributed by atoms with Gasteiger partial charge in [0.05, 0.1) is 31.4 Å². The molecule has 0 heterocycles. The summed E-state index contributed by atoms with van der Waals surface area (Å²) in [5.74, 6) is 0.209.